The van der Waals surface area contributed by atoms with Gasteiger partial charge < -0.3 is 0 Å². The minimum Gasteiger partial charge on any atom is -0.296 e. The average molecular weight is 228 g/mol. The van der Waals surface area contributed by atoms with Gasteiger partial charge in [-0.2, -0.15) is 5.10 Å². The summed E-state index contributed by atoms with van der Waals surface area (Å²) in [7, 11) is 0. The number of aromatic nitrogens is 2. The molecule has 0 aliphatic carbocycles. The Balaban J connectivity index is 2.69. The van der Waals surface area contributed by atoms with E-state index < -0.39 is 0 Å². The zero-order chi connectivity index (χ0) is 12.6. The molecule has 17 heavy (non-hydrogen) atoms. The maximum atomic E-state index is 10.7. The molecule has 0 spiro atoms. The predicted octanol–water partition coefficient (Wildman–Crippen LogP) is 3.12. The minimum atomic E-state index is 0.512. The SMILES string of the molecule is Cc1cc(C)c(C)c(-c2cc(C=O)[nH]n2)c1C. The topological polar surface area (TPSA) is 45.8 Å². The third-order valence-electron chi connectivity index (χ3n) is 3.35. The van der Waals surface area contributed by atoms with E-state index in [1.54, 1.807) is 6.07 Å². The Hall–Kier alpha value is -1.90. The fourth-order valence-electron chi connectivity index (χ4n) is 2.13. The summed E-state index contributed by atoms with van der Waals surface area (Å²) >= 11 is 0. The summed E-state index contributed by atoms with van der Waals surface area (Å²) < 4.78 is 0. The van der Waals surface area contributed by atoms with Gasteiger partial charge in [-0.3, -0.25) is 9.89 Å². The highest BCUT2D eigenvalue weighted by molar-refractivity contribution is 5.77. The minimum absolute atomic E-state index is 0.512. The van der Waals surface area contributed by atoms with Crippen LogP contribution in [0.5, 0.6) is 0 Å². The average Bonchev–Trinajstić information content (AvgIpc) is 2.75. The van der Waals surface area contributed by atoms with Gasteiger partial charge in [0.15, 0.2) is 6.29 Å². The van der Waals surface area contributed by atoms with E-state index in [1.807, 2.05) is 0 Å². The van der Waals surface area contributed by atoms with Gasteiger partial charge in [-0.25, -0.2) is 0 Å². The maximum absolute atomic E-state index is 10.7. The lowest BCUT2D eigenvalue weighted by atomic mass is 9.92. The quantitative estimate of drug-likeness (QED) is 0.803. The molecule has 2 aromatic rings. The summed E-state index contributed by atoms with van der Waals surface area (Å²) in [5, 5.41) is 6.93. The van der Waals surface area contributed by atoms with Gasteiger partial charge in [0.05, 0.1) is 11.4 Å². The first kappa shape index (κ1) is 11.6. The molecule has 1 heterocycles. The van der Waals surface area contributed by atoms with Crippen LogP contribution in [0.4, 0.5) is 0 Å². The Labute approximate surface area is 101 Å². The molecule has 1 aromatic heterocycles. The van der Waals surface area contributed by atoms with Gasteiger partial charge in [-0.05, 0) is 56.0 Å². The van der Waals surface area contributed by atoms with Crippen molar-refractivity contribution < 1.29 is 4.79 Å². The van der Waals surface area contributed by atoms with Gasteiger partial charge >= 0.3 is 0 Å². The Kier molecular flexibility index (Phi) is 2.84. The fourth-order valence-corrected chi connectivity index (χ4v) is 2.13. The van der Waals surface area contributed by atoms with Crippen molar-refractivity contribution in [1.29, 1.82) is 0 Å². The molecule has 0 fully saturated rings. The Morgan fingerprint density at radius 3 is 2.12 bits per heavy atom. The summed E-state index contributed by atoms with van der Waals surface area (Å²) in [6.45, 7) is 8.37. The van der Waals surface area contributed by atoms with Crippen molar-refractivity contribution in [3.05, 3.63) is 40.1 Å². The molecule has 0 amide bonds. The molecular weight excluding hydrogens is 212 g/mol. The lowest BCUT2D eigenvalue weighted by Crippen LogP contribution is -1.95. The number of nitrogens with one attached hydrogen (secondary N) is 1. The second kappa shape index (κ2) is 4.17. The molecule has 0 radical (unpaired) electrons. The van der Waals surface area contributed by atoms with Gasteiger partial charge in [0.25, 0.3) is 0 Å². The van der Waals surface area contributed by atoms with Gasteiger partial charge in [-0.1, -0.05) is 6.07 Å². The molecule has 1 aromatic carbocycles. The number of H-pyrrole nitrogens is 1. The summed E-state index contributed by atoms with van der Waals surface area (Å²) in [5.41, 5.74) is 7.42. The van der Waals surface area contributed by atoms with Crippen LogP contribution in [0.15, 0.2) is 12.1 Å². The first-order valence-corrected chi connectivity index (χ1v) is 5.63. The molecule has 0 aliphatic heterocycles. The van der Waals surface area contributed by atoms with Crippen LogP contribution in [0.25, 0.3) is 11.3 Å². The Morgan fingerprint density at radius 1 is 1.06 bits per heavy atom. The van der Waals surface area contributed by atoms with Crippen LogP contribution < -0.4 is 0 Å². The summed E-state index contributed by atoms with van der Waals surface area (Å²) in [6.07, 6.45) is 0.782. The molecule has 3 nitrogen and oxygen atoms in total. The van der Waals surface area contributed by atoms with E-state index in [0.29, 0.717) is 5.69 Å². The standard InChI is InChI=1S/C14H16N2O/c1-8-5-9(2)11(4)14(10(8)3)13-6-12(7-17)15-16-13/h5-7H,1-4H3,(H,15,16). The van der Waals surface area contributed by atoms with E-state index >= 15 is 0 Å². The molecule has 0 saturated carbocycles. The Bertz CT molecular complexity index is 556. The van der Waals surface area contributed by atoms with Crippen LogP contribution in [0.2, 0.25) is 0 Å². The molecule has 3 heteroatoms. The first-order valence-electron chi connectivity index (χ1n) is 5.63. The molecule has 0 aliphatic rings. The van der Waals surface area contributed by atoms with E-state index in [2.05, 4.69) is 44.0 Å². The van der Waals surface area contributed by atoms with Crippen LogP contribution >= 0.6 is 0 Å². The smallest absolute Gasteiger partial charge is 0.167 e. The van der Waals surface area contributed by atoms with Gasteiger partial charge in [0, 0.05) is 5.56 Å². The second-order valence-corrected chi connectivity index (χ2v) is 4.46. The molecular formula is C14H16N2O. The van der Waals surface area contributed by atoms with Crippen molar-refractivity contribution in [2.24, 2.45) is 0 Å². The van der Waals surface area contributed by atoms with E-state index in [-0.39, 0.29) is 0 Å². The number of nitrogens with zero attached hydrogens (tertiary/aromatic N) is 1. The van der Waals surface area contributed by atoms with Crippen LogP contribution in [0, 0.1) is 27.7 Å². The number of aryl methyl sites for hydroxylation is 2. The number of hydrogen-bond acceptors (Lipinski definition) is 2. The summed E-state index contributed by atoms with van der Waals surface area (Å²) in [4.78, 5) is 10.7. The van der Waals surface area contributed by atoms with Crippen LogP contribution in [-0.4, -0.2) is 16.5 Å². The van der Waals surface area contributed by atoms with Gasteiger partial charge in [0.2, 0.25) is 0 Å². The lowest BCUT2D eigenvalue weighted by molar-refractivity contribution is 0.111. The van der Waals surface area contributed by atoms with Crippen LogP contribution in [-0.2, 0) is 0 Å². The van der Waals surface area contributed by atoms with Crippen molar-refractivity contribution in [2.45, 2.75) is 27.7 Å². The van der Waals surface area contributed by atoms with Gasteiger partial charge in [-0.15, -0.1) is 0 Å². The number of hydrogen-bond donors (Lipinski definition) is 1. The van der Waals surface area contributed by atoms with Crippen molar-refractivity contribution in [2.75, 3.05) is 0 Å². The first-order chi connectivity index (χ1) is 8.04. The number of rotatable bonds is 2. The van der Waals surface area contributed by atoms with E-state index in [0.717, 1.165) is 17.5 Å². The maximum Gasteiger partial charge on any atom is 0.167 e. The Morgan fingerprint density at radius 2 is 1.65 bits per heavy atom. The lowest BCUT2D eigenvalue weighted by Gasteiger charge is -2.13. The van der Waals surface area contributed by atoms with Crippen LogP contribution in [0.3, 0.4) is 0 Å². The number of carbonyl (C=O) groups is 1. The zero-order valence-corrected chi connectivity index (χ0v) is 10.6. The van der Waals surface area contributed by atoms with E-state index in [4.69, 9.17) is 0 Å². The van der Waals surface area contributed by atoms with Gasteiger partial charge in [0.1, 0.15) is 0 Å². The third kappa shape index (κ3) is 1.88. The summed E-state index contributed by atoms with van der Waals surface area (Å²) in [5.74, 6) is 0. The fraction of sp³-hybridized carbons (Fsp3) is 0.286. The van der Waals surface area contributed by atoms with E-state index in [9.17, 15) is 4.79 Å². The molecule has 1 N–H and O–H groups in total. The molecule has 0 unspecified atom stereocenters. The molecule has 88 valence electrons. The zero-order valence-electron chi connectivity index (χ0n) is 10.6. The number of benzene rings is 1. The normalized spacial score (nSPS) is 10.6. The highest BCUT2D eigenvalue weighted by atomic mass is 16.1. The number of carbonyl (C=O) groups excluding carboxylic acids is 1. The molecule has 0 saturated heterocycles. The third-order valence-corrected chi connectivity index (χ3v) is 3.35. The number of aromatic amines is 1. The van der Waals surface area contributed by atoms with Crippen molar-refractivity contribution >= 4 is 6.29 Å². The predicted molar refractivity (Wildman–Crippen MR) is 68.4 cm³/mol. The van der Waals surface area contributed by atoms with E-state index in [1.165, 1.54) is 22.3 Å². The van der Waals surface area contributed by atoms with Crippen molar-refractivity contribution in [1.82, 2.24) is 10.2 Å². The second-order valence-electron chi connectivity index (χ2n) is 4.46. The summed E-state index contributed by atoms with van der Waals surface area (Å²) in [6, 6.07) is 3.97. The highest BCUT2D eigenvalue weighted by Gasteiger charge is 2.13. The number of aldehydes is 1. The van der Waals surface area contributed by atoms with Crippen molar-refractivity contribution in [3.8, 4) is 11.3 Å². The monoisotopic (exact) mass is 228 g/mol. The molecule has 0 bridgehead atoms. The van der Waals surface area contributed by atoms with Crippen molar-refractivity contribution in [3.63, 3.8) is 0 Å². The largest absolute Gasteiger partial charge is 0.296 e. The van der Waals surface area contributed by atoms with Crippen LogP contribution in [0.1, 0.15) is 32.7 Å². The highest BCUT2D eigenvalue weighted by Crippen LogP contribution is 2.30. The molecule has 0 atom stereocenters. The molecule has 2 rings (SSSR count).